The normalized spacial score (nSPS) is 14.4. The molecule has 1 aromatic carbocycles. The lowest BCUT2D eigenvalue weighted by Gasteiger charge is -2.24. The molecule has 23 heavy (non-hydrogen) atoms. The molecule has 5 heteroatoms. The molecule has 0 amide bonds. The minimum Gasteiger partial charge on any atom is -0.469 e. The lowest BCUT2D eigenvalue weighted by molar-refractivity contribution is -0.159. The minimum atomic E-state index is -0.871. The van der Waals surface area contributed by atoms with Gasteiger partial charge in [0, 0.05) is 6.42 Å². The third-order valence-electron chi connectivity index (χ3n) is 4.14. The van der Waals surface area contributed by atoms with Crippen LogP contribution in [0.5, 0.6) is 0 Å². The summed E-state index contributed by atoms with van der Waals surface area (Å²) in [4.78, 5) is 35.6. The van der Waals surface area contributed by atoms with E-state index in [0.29, 0.717) is 6.42 Å². The van der Waals surface area contributed by atoms with Gasteiger partial charge in [0.2, 0.25) is 5.78 Å². The van der Waals surface area contributed by atoms with Crippen molar-refractivity contribution >= 4 is 17.7 Å². The summed E-state index contributed by atoms with van der Waals surface area (Å²) in [5.41, 5.74) is 0.0528. The summed E-state index contributed by atoms with van der Waals surface area (Å²) in [6.45, 7) is 5.28. The zero-order valence-electron chi connectivity index (χ0n) is 14.1. The number of esters is 2. The van der Waals surface area contributed by atoms with Crippen LogP contribution in [-0.2, 0) is 23.9 Å². The van der Waals surface area contributed by atoms with E-state index in [1.54, 1.807) is 13.8 Å². The maximum Gasteiger partial charge on any atom is 0.375 e. The van der Waals surface area contributed by atoms with E-state index in [-0.39, 0.29) is 18.8 Å². The number of methoxy groups -OCH3 is 1. The number of carbonyl (C=O) groups excluding carboxylic acids is 3. The van der Waals surface area contributed by atoms with Gasteiger partial charge in [0.15, 0.2) is 0 Å². The van der Waals surface area contributed by atoms with E-state index in [1.165, 1.54) is 7.11 Å². The highest BCUT2D eigenvalue weighted by Crippen LogP contribution is 2.29. The average Bonchev–Trinajstić information content (AvgIpc) is 2.59. The molecule has 0 fully saturated rings. The van der Waals surface area contributed by atoms with Crippen LogP contribution >= 0.6 is 0 Å². The quantitative estimate of drug-likeness (QED) is 0.543. The number of benzene rings is 1. The fourth-order valence-corrected chi connectivity index (χ4v) is 2.18. The Bertz CT molecular complexity index is 552. The summed E-state index contributed by atoms with van der Waals surface area (Å²) in [5, 5.41) is 0. The summed E-state index contributed by atoms with van der Waals surface area (Å²) in [5.74, 6) is -1.88. The van der Waals surface area contributed by atoms with Crippen LogP contribution in [0.15, 0.2) is 30.3 Å². The van der Waals surface area contributed by atoms with Crippen molar-refractivity contribution in [1.29, 1.82) is 0 Å². The molecule has 0 saturated heterocycles. The molecule has 0 radical (unpaired) electrons. The van der Waals surface area contributed by atoms with E-state index in [9.17, 15) is 14.4 Å². The molecule has 0 aliphatic rings. The fourth-order valence-electron chi connectivity index (χ4n) is 2.18. The largest absolute Gasteiger partial charge is 0.469 e. The number of Topliss-reactive ketones (excluding diaryl/α,β-unsaturated/α-hetero) is 1. The van der Waals surface area contributed by atoms with Crippen molar-refractivity contribution in [3.05, 3.63) is 35.9 Å². The first-order valence-corrected chi connectivity index (χ1v) is 7.71. The second kappa shape index (κ2) is 8.46. The van der Waals surface area contributed by atoms with Gasteiger partial charge in [-0.25, -0.2) is 4.79 Å². The van der Waals surface area contributed by atoms with Crippen LogP contribution in [0.2, 0.25) is 0 Å². The van der Waals surface area contributed by atoms with Gasteiger partial charge in [-0.05, 0) is 32.3 Å². The molecule has 0 N–H and O–H groups in total. The molecule has 2 atom stereocenters. The zero-order valence-corrected chi connectivity index (χ0v) is 14.1. The molecule has 0 bridgehead atoms. The monoisotopic (exact) mass is 320 g/mol. The molecule has 0 aliphatic heterocycles. The topological polar surface area (TPSA) is 69.7 Å². The Morgan fingerprint density at radius 3 is 2.30 bits per heavy atom. The molecule has 0 aromatic heterocycles. The lowest BCUT2D eigenvalue weighted by Crippen LogP contribution is -2.30. The zero-order chi connectivity index (χ0) is 17.5. The molecular formula is C18H24O5. The molecule has 0 saturated carbocycles. The first-order valence-electron chi connectivity index (χ1n) is 7.71. The Hall–Kier alpha value is -2.17. The van der Waals surface area contributed by atoms with Gasteiger partial charge >= 0.3 is 11.9 Å². The number of carbonyl (C=O) groups is 3. The number of ketones is 1. The van der Waals surface area contributed by atoms with Gasteiger partial charge in [0.25, 0.3) is 0 Å². The predicted octanol–water partition coefficient (Wildman–Crippen LogP) is 3.23. The van der Waals surface area contributed by atoms with Crippen LogP contribution in [0.4, 0.5) is 0 Å². The summed E-state index contributed by atoms with van der Waals surface area (Å²) in [6, 6.07) is 9.19. The van der Waals surface area contributed by atoms with Gasteiger partial charge in [-0.3, -0.25) is 9.59 Å². The van der Waals surface area contributed by atoms with Gasteiger partial charge in [-0.2, -0.15) is 0 Å². The molecule has 2 unspecified atom stereocenters. The molecule has 126 valence electrons. The summed E-state index contributed by atoms with van der Waals surface area (Å²) < 4.78 is 9.93. The van der Waals surface area contributed by atoms with Crippen molar-refractivity contribution < 1.29 is 23.9 Å². The van der Waals surface area contributed by atoms with E-state index >= 15 is 0 Å². The van der Waals surface area contributed by atoms with Crippen LogP contribution in [0.3, 0.4) is 0 Å². The fraction of sp³-hybridized carbons (Fsp3) is 0.500. The summed E-state index contributed by atoms with van der Waals surface area (Å²) in [6.07, 6.45) is 0.247. The third kappa shape index (κ3) is 5.20. The van der Waals surface area contributed by atoms with Crippen molar-refractivity contribution in [3.8, 4) is 0 Å². The van der Waals surface area contributed by atoms with Crippen molar-refractivity contribution in [1.82, 2.24) is 0 Å². The SMILES string of the molecule is CCC(C)(CCC(=O)C(=O)OC(C)c1ccccc1)C(=O)OC. The number of hydrogen-bond donors (Lipinski definition) is 0. The van der Waals surface area contributed by atoms with Crippen molar-refractivity contribution in [2.75, 3.05) is 7.11 Å². The molecule has 1 aromatic rings. The average molecular weight is 320 g/mol. The predicted molar refractivity (Wildman–Crippen MR) is 85.6 cm³/mol. The highest BCUT2D eigenvalue weighted by Gasteiger charge is 2.34. The van der Waals surface area contributed by atoms with Gasteiger partial charge < -0.3 is 9.47 Å². The van der Waals surface area contributed by atoms with Crippen molar-refractivity contribution in [2.45, 2.75) is 46.1 Å². The Morgan fingerprint density at radius 2 is 1.78 bits per heavy atom. The van der Waals surface area contributed by atoms with Crippen molar-refractivity contribution in [3.63, 3.8) is 0 Å². The molecule has 1 rings (SSSR count). The van der Waals surface area contributed by atoms with E-state index in [2.05, 4.69) is 0 Å². The van der Waals surface area contributed by atoms with E-state index in [4.69, 9.17) is 9.47 Å². The second-order valence-corrected chi connectivity index (χ2v) is 5.79. The van der Waals surface area contributed by atoms with E-state index in [1.807, 2.05) is 37.3 Å². The van der Waals surface area contributed by atoms with Crippen molar-refractivity contribution in [2.24, 2.45) is 5.41 Å². The Labute approximate surface area is 137 Å². The lowest BCUT2D eigenvalue weighted by atomic mass is 9.82. The van der Waals surface area contributed by atoms with Crippen LogP contribution in [0.1, 0.15) is 51.7 Å². The van der Waals surface area contributed by atoms with Crippen LogP contribution < -0.4 is 0 Å². The van der Waals surface area contributed by atoms with E-state index in [0.717, 1.165) is 5.56 Å². The molecule has 0 heterocycles. The van der Waals surface area contributed by atoms with Crippen LogP contribution in [0.25, 0.3) is 0 Å². The molecular weight excluding hydrogens is 296 g/mol. The highest BCUT2D eigenvalue weighted by atomic mass is 16.5. The summed E-state index contributed by atoms with van der Waals surface area (Å²) in [7, 11) is 1.31. The Balaban J connectivity index is 2.57. The smallest absolute Gasteiger partial charge is 0.375 e. The number of rotatable bonds is 8. The molecule has 0 spiro atoms. The molecule has 5 nitrogen and oxygen atoms in total. The van der Waals surface area contributed by atoms with Gasteiger partial charge in [-0.1, -0.05) is 37.3 Å². The van der Waals surface area contributed by atoms with Gasteiger partial charge in [0.1, 0.15) is 6.10 Å². The number of hydrogen-bond acceptors (Lipinski definition) is 5. The van der Waals surface area contributed by atoms with Gasteiger partial charge in [0.05, 0.1) is 12.5 Å². The maximum absolute atomic E-state index is 12.0. The first-order chi connectivity index (χ1) is 10.8. The Morgan fingerprint density at radius 1 is 1.17 bits per heavy atom. The summed E-state index contributed by atoms with van der Waals surface area (Å²) >= 11 is 0. The van der Waals surface area contributed by atoms with Crippen LogP contribution in [0, 0.1) is 5.41 Å². The second-order valence-electron chi connectivity index (χ2n) is 5.79. The third-order valence-corrected chi connectivity index (χ3v) is 4.14. The van der Waals surface area contributed by atoms with E-state index < -0.39 is 23.3 Å². The maximum atomic E-state index is 12.0. The first kappa shape index (κ1) is 18.9. The van der Waals surface area contributed by atoms with Crippen LogP contribution in [-0.4, -0.2) is 24.8 Å². The molecule has 0 aliphatic carbocycles. The highest BCUT2D eigenvalue weighted by molar-refractivity contribution is 6.33. The minimum absolute atomic E-state index is 0.0419. The van der Waals surface area contributed by atoms with Gasteiger partial charge in [-0.15, -0.1) is 0 Å². The number of ether oxygens (including phenoxy) is 2. The standard InChI is InChI=1S/C18H24O5/c1-5-18(3,17(21)22-4)12-11-15(19)16(20)23-13(2)14-9-7-6-8-10-14/h6-10,13H,5,11-12H2,1-4H3. The Kier molecular flexibility index (Phi) is 6.94.